The van der Waals surface area contributed by atoms with Crippen LogP contribution in [0.5, 0.6) is 0 Å². The van der Waals surface area contributed by atoms with E-state index in [1.807, 2.05) is 84.9 Å². The van der Waals surface area contributed by atoms with E-state index in [0.29, 0.717) is 16.8 Å². The second-order valence-electron chi connectivity index (χ2n) is 10.8. The van der Waals surface area contributed by atoms with Gasteiger partial charge in [-0.2, -0.15) is 10.5 Å². The summed E-state index contributed by atoms with van der Waals surface area (Å²) in [6.45, 7) is 7.60. The van der Waals surface area contributed by atoms with E-state index in [4.69, 9.17) is 6.57 Å². The predicted octanol–water partition coefficient (Wildman–Crippen LogP) is 9.84. The Labute approximate surface area is 253 Å². The Morgan fingerprint density at radius 2 is 1.09 bits per heavy atom. The number of hydrogen-bond donors (Lipinski definition) is 0. The third-order valence-corrected chi connectivity index (χ3v) is 8.36. The average Bonchev–Trinajstić information content (AvgIpc) is 3.60. The molecule has 2 aromatic heterocycles. The molecule has 8 rings (SSSR count). The highest BCUT2D eigenvalue weighted by Gasteiger charge is 2.18. The van der Waals surface area contributed by atoms with Crippen molar-refractivity contribution in [2.45, 2.75) is 0 Å². The lowest BCUT2D eigenvalue weighted by Gasteiger charge is -2.16. The Kier molecular flexibility index (Phi) is 5.56. The second-order valence-corrected chi connectivity index (χ2v) is 10.8. The summed E-state index contributed by atoms with van der Waals surface area (Å²) in [6.07, 6.45) is 0. The van der Waals surface area contributed by atoms with Crippen LogP contribution in [0.4, 0.5) is 5.69 Å². The van der Waals surface area contributed by atoms with Gasteiger partial charge < -0.3 is 9.13 Å². The van der Waals surface area contributed by atoms with Gasteiger partial charge >= 0.3 is 0 Å². The lowest BCUT2D eigenvalue weighted by molar-refractivity contribution is 1.13. The molecule has 8 aromatic rings. The maximum absolute atomic E-state index is 10.0. The molecule has 0 unspecified atom stereocenters. The minimum absolute atomic E-state index is 0.597. The van der Waals surface area contributed by atoms with Crippen LogP contribution in [-0.4, -0.2) is 9.13 Å². The second kappa shape index (κ2) is 9.74. The van der Waals surface area contributed by atoms with Gasteiger partial charge in [-0.15, -0.1) is 0 Å². The number of aromatic nitrogens is 2. The van der Waals surface area contributed by atoms with Crippen molar-refractivity contribution in [1.29, 1.82) is 10.5 Å². The van der Waals surface area contributed by atoms with E-state index in [9.17, 15) is 10.5 Å². The monoisotopic (exact) mass is 559 g/mol. The number of hydrogen-bond acceptors (Lipinski definition) is 2. The Bertz CT molecular complexity index is 2450. The first kappa shape index (κ1) is 25.1. The number of rotatable bonds is 3. The van der Waals surface area contributed by atoms with Gasteiger partial charge in [0.25, 0.3) is 0 Å². The molecule has 0 aliphatic carbocycles. The highest BCUT2D eigenvalue weighted by Crippen LogP contribution is 2.39. The van der Waals surface area contributed by atoms with Crippen molar-refractivity contribution in [2.75, 3.05) is 0 Å². The average molecular weight is 560 g/mol. The van der Waals surface area contributed by atoms with Crippen LogP contribution in [0.1, 0.15) is 11.1 Å². The van der Waals surface area contributed by atoms with Crippen molar-refractivity contribution in [1.82, 2.24) is 9.13 Å². The Morgan fingerprint density at radius 1 is 0.523 bits per heavy atom. The van der Waals surface area contributed by atoms with Crippen LogP contribution in [0.2, 0.25) is 0 Å². The number of nitrogens with zero attached hydrogens (tertiary/aromatic N) is 5. The smallest absolute Gasteiger partial charge is 0.188 e. The van der Waals surface area contributed by atoms with E-state index in [2.05, 4.69) is 68.6 Å². The largest absolute Gasteiger partial charge is 0.309 e. The van der Waals surface area contributed by atoms with Gasteiger partial charge in [0.05, 0.1) is 51.9 Å². The first-order valence-electron chi connectivity index (χ1n) is 14.2. The molecule has 202 valence electrons. The van der Waals surface area contributed by atoms with Gasteiger partial charge in [0, 0.05) is 27.5 Å². The molecule has 0 radical (unpaired) electrons. The van der Waals surface area contributed by atoms with Gasteiger partial charge in [0.2, 0.25) is 0 Å². The summed E-state index contributed by atoms with van der Waals surface area (Å²) in [7, 11) is 0. The van der Waals surface area contributed by atoms with E-state index in [-0.39, 0.29) is 0 Å². The molecule has 0 bridgehead atoms. The SMILES string of the molecule is [C-]#[N+]c1ccc2c(c1)c1ccccc1n2-c1cc(-c2ccccc2C#N)cc(-n2c3ccccc3c3cc(C#N)ccc32)c1. The Hall–Kier alpha value is -6.61. The third kappa shape index (κ3) is 3.70. The molecule has 0 amide bonds. The van der Waals surface area contributed by atoms with Crippen molar-refractivity contribution in [3.8, 4) is 34.6 Å². The van der Waals surface area contributed by atoms with Crippen LogP contribution >= 0.6 is 0 Å². The Morgan fingerprint density at radius 3 is 1.73 bits per heavy atom. The normalized spacial score (nSPS) is 11.1. The Balaban J connectivity index is 1.51. The van der Waals surface area contributed by atoms with Gasteiger partial charge in [-0.05, 0) is 83.2 Å². The van der Waals surface area contributed by atoms with E-state index in [1.165, 1.54) is 0 Å². The molecule has 6 aromatic carbocycles. The zero-order valence-electron chi connectivity index (χ0n) is 23.4. The fourth-order valence-electron chi connectivity index (χ4n) is 6.47. The van der Waals surface area contributed by atoms with Crippen molar-refractivity contribution < 1.29 is 0 Å². The van der Waals surface area contributed by atoms with Crippen molar-refractivity contribution in [2.24, 2.45) is 0 Å². The van der Waals surface area contributed by atoms with E-state index < -0.39 is 0 Å². The summed E-state index contributed by atoms with van der Waals surface area (Å²) in [5.41, 5.74) is 9.49. The number of nitriles is 2. The summed E-state index contributed by atoms with van der Waals surface area (Å²) in [5.74, 6) is 0. The highest BCUT2D eigenvalue weighted by molar-refractivity contribution is 6.11. The first-order valence-corrected chi connectivity index (χ1v) is 14.2. The summed E-state index contributed by atoms with van der Waals surface area (Å²) < 4.78 is 4.47. The van der Waals surface area contributed by atoms with Gasteiger partial charge in [-0.1, -0.05) is 60.7 Å². The minimum Gasteiger partial charge on any atom is -0.309 e. The minimum atomic E-state index is 0.597. The molecule has 0 N–H and O–H groups in total. The number of benzene rings is 6. The molecule has 44 heavy (non-hydrogen) atoms. The molecule has 0 saturated carbocycles. The summed E-state index contributed by atoms with van der Waals surface area (Å²) >= 11 is 0. The zero-order valence-corrected chi connectivity index (χ0v) is 23.4. The van der Waals surface area contributed by atoms with Crippen LogP contribution in [0, 0.1) is 29.2 Å². The molecule has 0 fully saturated rings. The maximum Gasteiger partial charge on any atom is 0.188 e. The quantitative estimate of drug-likeness (QED) is 0.202. The zero-order chi connectivity index (χ0) is 29.8. The molecule has 0 saturated heterocycles. The first-order chi connectivity index (χ1) is 21.7. The van der Waals surface area contributed by atoms with Crippen molar-refractivity contribution in [3.63, 3.8) is 0 Å². The molecule has 5 heteroatoms. The molecule has 2 heterocycles. The molecule has 5 nitrogen and oxygen atoms in total. The number of para-hydroxylation sites is 2. The van der Waals surface area contributed by atoms with Crippen LogP contribution in [0.3, 0.4) is 0 Å². The van der Waals surface area contributed by atoms with Crippen LogP contribution in [-0.2, 0) is 0 Å². The fourth-order valence-corrected chi connectivity index (χ4v) is 6.47. The van der Waals surface area contributed by atoms with Crippen molar-refractivity contribution in [3.05, 3.63) is 150 Å². The van der Waals surface area contributed by atoms with Gasteiger partial charge in [0.15, 0.2) is 5.69 Å². The predicted molar refractivity (Wildman–Crippen MR) is 176 cm³/mol. The molecule has 0 aliphatic heterocycles. The lowest BCUT2D eigenvalue weighted by atomic mass is 9.99. The standard InChI is InChI=1S/C39H21N5/c1-42-28-15-17-39-35(21-28)33-11-5-7-13-37(33)44(39)30-20-27(31-9-3-2-8-26(31)24-41)19-29(22-30)43-36-12-6-4-10-32(36)34-18-25(23-40)14-16-38(34)43/h2-22H. The topological polar surface area (TPSA) is 61.8 Å². The fraction of sp³-hybridized carbons (Fsp3) is 0. The van der Waals surface area contributed by atoms with Crippen molar-refractivity contribution >= 4 is 49.3 Å². The lowest BCUT2D eigenvalue weighted by Crippen LogP contribution is -2.00. The van der Waals surface area contributed by atoms with E-state index in [1.54, 1.807) is 0 Å². The van der Waals surface area contributed by atoms with E-state index in [0.717, 1.165) is 66.1 Å². The summed E-state index contributed by atoms with van der Waals surface area (Å²) in [4.78, 5) is 3.69. The molecule has 0 aliphatic rings. The van der Waals surface area contributed by atoms with Gasteiger partial charge in [-0.25, -0.2) is 4.85 Å². The number of fused-ring (bicyclic) bond motifs is 6. The molecule has 0 spiro atoms. The van der Waals surface area contributed by atoms with Crippen LogP contribution in [0.25, 0.3) is 71.0 Å². The highest BCUT2D eigenvalue weighted by atomic mass is 15.0. The summed E-state index contributed by atoms with van der Waals surface area (Å²) in [5, 5.41) is 23.8. The van der Waals surface area contributed by atoms with Crippen LogP contribution < -0.4 is 0 Å². The third-order valence-electron chi connectivity index (χ3n) is 8.36. The van der Waals surface area contributed by atoms with Gasteiger partial charge in [-0.3, -0.25) is 0 Å². The summed E-state index contributed by atoms with van der Waals surface area (Å²) in [6, 6.07) is 46.9. The molecular formula is C39H21N5. The molecular weight excluding hydrogens is 538 g/mol. The maximum atomic E-state index is 10.0. The molecule has 0 atom stereocenters. The van der Waals surface area contributed by atoms with E-state index >= 15 is 0 Å². The van der Waals surface area contributed by atoms with Crippen LogP contribution in [0.15, 0.2) is 127 Å². The van der Waals surface area contributed by atoms with Gasteiger partial charge in [0.1, 0.15) is 0 Å².